The molecule has 0 spiro atoms. The summed E-state index contributed by atoms with van der Waals surface area (Å²) in [5.41, 5.74) is 0. The van der Waals surface area contributed by atoms with Crippen LogP contribution in [0.1, 0.15) is 50.2 Å². The molecule has 3 rings (SSSR count). The highest BCUT2D eigenvalue weighted by Gasteiger charge is 2.32. The van der Waals surface area contributed by atoms with Crippen LogP contribution in [0, 0.1) is 11.3 Å². The number of hydrogen-bond acceptors (Lipinski definition) is 5. The quantitative estimate of drug-likeness (QED) is 0.783. The van der Waals surface area contributed by atoms with Gasteiger partial charge in [-0.2, -0.15) is 5.26 Å². The Balaban J connectivity index is 1.66. The first kappa shape index (κ1) is 15.9. The highest BCUT2D eigenvalue weighted by molar-refractivity contribution is 5.73. The van der Waals surface area contributed by atoms with Gasteiger partial charge in [0.1, 0.15) is 5.82 Å². The molecule has 1 aromatic rings. The summed E-state index contributed by atoms with van der Waals surface area (Å²) in [6.45, 7) is 4.71. The van der Waals surface area contributed by atoms with Crippen LogP contribution >= 0.6 is 0 Å². The van der Waals surface area contributed by atoms with Gasteiger partial charge in [-0.25, -0.2) is 0 Å². The standard InChI is InChI=1S/C16H24N6O/c1-12(23)22(14-6-9-21(10-14)8-3-7-17)11-15-18-19-16(20(15)2)13-4-5-13/h13-14H,3-6,8-11H2,1-2H3/t14-/m1/s1. The molecule has 1 amide bonds. The average molecular weight is 316 g/mol. The summed E-state index contributed by atoms with van der Waals surface area (Å²) in [6, 6.07) is 2.39. The smallest absolute Gasteiger partial charge is 0.220 e. The maximum absolute atomic E-state index is 12.1. The third-order valence-corrected chi connectivity index (χ3v) is 4.89. The number of aromatic nitrogens is 3. The summed E-state index contributed by atoms with van der Waals surface area (Å²) in [5, 5.41) is 17.3. The van der Waals surface area contributed by atoms with E-state index in [1.54, 1.807) is 6.92 Å². The summed E-state index contributed by atoms with van der Waals surface area (Å²) in [4.78, 5) is 16.3. The summed E-state index contributed by atoms with van der Waals surface area (Å²) in [5.74, 6) is 2.54. The molecule has 2 aliphatic rings. The van der Waals surface area contributed by atoms with Crippen molar-refractivity contribution in [1.29, 1.82) is 5.26 Å². The van der Waals surface area contributed by atoms with E-state index in [1.165, 1.54) is 12.8 Å². The first-order valence-corrected chi connectivity index (χ1v) is 8.34. The third-order valence-electron chi connectivity index (χ3n) is 4.89. The molecule has 2 fully saturated rings. The molecule has 1 saturated heterocycles. The second kappa shape index (κ2) is 6.67. The van der Waals surface area contributed by atoms with Crippen LogP contribution in [-0.4, -0.2) is 56.1 Å². The first-order valence-electron chi connectivity index (χ1n) is 8.34. The van der Waals surface area contributed by atoms with E-state index in [0.717, 1.165) is 37.7 Å². The van der Waals surface area contributed by atoms with Gasteiger partial charge in [0.15, 0.2) is 5.82 Å². The lowest BCUT2D eigenvalue weighted by Crippen LogP contribution is -2.41. The zero-order valence-electron chi connectivity index (χ0n) is 13.9. The Labute approximate surface area is 136 Å². The first-order chi connectivity index (χ1) is 11.1. The van der Waals surface area contributed by atoms with Crippen LogP contribution in [-0.2, 0) is 18.4 Å². The van der Waals surface area contributed by atoms with Crippen LogP contribution in [0.25, 0.3) is 0 Å². The van der Waals surface area contributed by atoms with Gasteiger partial charge in [0.2, 0.25) is 5.91 Å². The molecule has 1 saturated carbocycles. The van der Waals surface area contributed by atoms with E-state index >= 15 is 0 Å². The second-order valence-corrected chi connectivity index (χ2v) is 6.61. The van der Waals surface area contributed by atoms with Crippen molar-refractivity contribution in [2.45, 2.75) is 51.1 Å². The van der Waals surface area contributed by atoms with Gasteiger partial charge in [0.05, 0.1) is 12.6 Å². The van der Waals surface area contributed by atoms with E-state index in [9.17, 15) is 4.79 Å². The molecular formula is C16H24N6O. The van der Waals surface area contributed by atoms with Gasteiger partial charge in [-0.05, 0) is 19.3 Å². The fraction of sp³-hybridized carbons (Fsp3) is 0.750. The predicted molar refractivity (Wildman–Crippen MR) is 84.3 cm³/mol. The van der Waals surface area contributed by atoms with Crippen LogP contribution < -0.4 is 0 Å². The molecule has 1 atom stereocenters. The van der Waals surface area contributed by atoms with Crippen LogP contribution in [0.15, 0.2) is 0 Å². The largest absolute Gasteiger partial charge is 0.331 e. The van der Waals surface area contributed by atoms with E-state index in [-0.39, 0.29) is 11.9 Å². The van der Waals surface area contributed by atoms with Gasteiger partial charge in [0.25, 0.3) is 0 Å². The number of rotatable bonds is 6. The lowest BCUT2D eigenvalue weighted by atomic mass is 10.2. The summed E-state index contributed by atoms with van der Waals surface area (Å²) >= 11 is 0. The van der Waals surface area contributed by atoms with Gasteiger partial charge >= 0.3 is 0 Å². The fourth-order valence-electron chi connectivity index (χ4n) is 3.34. The van der Waals surface area contributed by atoms with Crippen LogP contribution in [0.2, 0.25) is 0 Å². The van der Waals surface area contributed by atoms with Crippen molar-refractivity contribution < 1.29 is 4.79 Å². The van der Waals surface area contributed by atoms with Crippen molar-refractivity contribution in [3.8, 4) is 6.07 Å². The van der Waals surface area contributed by atoms with Crippen molar-refractivity contribution in [3.05, 3.63) is 11.6 Å². The number of carbonyl (C=O) groups excluding carboxylic acids is 1. The van der Waals surface area contributed by atoms with Gasteiger partial charge < -0.3 is 14.4 Å². The molecule has 0 radical (unpaired) electrons. The van der Waals surface area contributed by atoms with Crippen LogP contribution in [0.4, 0.5) is 0 Å². The number of nitrogens with zero attached hydrogens (tertiary/aromatic N) is 6. The SMILES string of the molecule is CC(=O)N(Cc1nnc(C2CC2)n1C)[C@@H]1CCN(CCC#N)C1. The van der Waals surface area contributed by atoms with Crippen molar-refractivity contribution in [1.82, 2.24) is 24.6 Å². The topological polar surface area (TPSA) is 78.1 Å². The van der Waals surface area contributed by atoms with Crippen LogP contribution in [0.5, 0.6) is 0 Å². The highest BCUT2D eigenvalue weighted by atomic mass is 16.2. The molecular weight excluding hydrogens is 292 g/mol. The summed E-state index contributed by atoms with van der Waals surface area (Å²) < 4.78 is 2.05. The van der Waals surface area contributed by atoms with E-state index in [0.29, 0.717) is 18.9 Å². The minimum Gasteiger partial charge on any atom is -0.331 e. The normalized spacial score (nSPS) is 21.3. The maximum Gasteiger partial charge on any atom is 0.220 e. The maximum atomic E-state index is 12.1. The number of amides is 1. The molecule has 1 aliphatic carbocycles. The number of hydrogen-bond donors (Lipinski definition) is 0. The molecule has 0 aromatic carbocycles. The van der Waals surface area contributed by atoms with Crippen molar-refractivity contribution in [2.24, 2.45) is 7.05 Å². The molecule has 124 valence electrons. The van der Waals surface area contributed by atoms with Crippen LogP contribution in [0.3, 0.4) is 0 Å². The molecule has 1 aromatic heterocycles. The Bertz CT molecular complexity index is 615. The Morgan fingerprint density at radius 3 is 2.83 bits per heavy atom. The number of nitriles is 1. The summed E-state index contributed by atoms with van der Waals surface area (Å²) in [6.07, 6.45) is 3.89. The molecule has 0 N–H and O–H groups in total. The predicted octanol–water partition coefficient (Wildman–Crippen LogP) is 1.03. The minimum absolute atomic E-state index is 0.0769. The lowest BCUT2D eigenvalue weighted by molar-refractivity contribution is -0.131. The van der Waals surface area contributed by atoms with E-state index < -0.39 is 0 Å². The summed E-state index contributed by atoms with van der Waals surface area (Å²) in [7, 11) is 2.00. The van der Waals surface area contributed by atoms with Gasteiger partial charge in [-0.1, -0.05) is 0 Å². The fourth-order valence-corrected chi connectivity index (χ4v) is 3.34. The number of likely N-dealkylation sites (tertiary alicyclic amines) is 1. The third kappa shape index (κ3) is 3.53. The monoisotopic (exact) mass is 316 g/mol. The molecule has 0 bridgehead atoms. The van der Waals surface area contributed by atoms with E-state index in [2.05, 4.69) is 25.7 Å². The molecule has 1 aliphatic heterocycles. The van der Waals surface area contributed by atoms with Crippen molar-refractivity contribution in [3.63, 3.8) is 0 Å². The Kier molecular flexibility index (Phi) is 4.62. The molecule has 7 nitrogen and oxygen atoms in total. The minimum atomic E-state index is 0.0769. The Morgan fingerprint density at radius 2 is 2.17 bits per heavy atom. The van der Waals surface area contributed by atoms with Crippen molar-refractivity contribution in [2.75, 3.05) is 19.6 Å². The highest BCUT2D eigenvalue weighted by Crippen LogP contribution is 2.38. The molecule has 0 unspecified atom stereocenters. The van der Waals surface area contributed by atoms with Crippen molar-refractivity contribution >= 4 is 5.91 Å². The number of carbonyl (C=O) groups is 1. The Hall–Kier alpha value is -1.94. The van der Waals surface area contributed by atoms with E-state index in [4.69, 9.17) is 5.26 Å². The molecule has 7 heteroatoms. The second-order valence-electron chi connectivity index (χ2n) is 6.61. The average Bonchev–Trinajstić information content (AvgIpc) is 3.15. The van der Waals surface area contributed by atoms with Gasteiger partial charge in [0, 0.05) is 52.0 Å². The van der Waals surface area contributed by atoms with Gasteiger partial charge in [-0.3, -0.25) is 4.79 Å². The molecule has 2 heterocycles. The Morgan fingerprint density at radius 1 is 1.39 bits per heavy atom. The molecule has 23 heavy (non-hydrogen) atoms. The zero-order chi connectivity index (χ0) is 16.4. The van der Waals surface area contributed by atoms with Gasteiger partial charge in [-0.15, -0.1) is 10.2 Å². The zero-order valence-corrected chi connectivity index (χ0v) is 13.9. The lowest BCUT2D eigenvalue weighted by Gasteiger charge is -2.27. The van der Waals surface area contributed by atoms with E-state index in [1.807, 2.05) is 11.9 Å².